The molecular formula is C23H46N6O13. The number of ether oxygens (including phenoxy) is 6. The zero-order valence-electron chi connectivity index (χ0n) is 22.8. The fourth-order valence-electron chi connectivity index (χ4n) is 5.74. The lowest BCUT2D eigenvalue weighted by Crippen LogP contribution is -2.68. The van der Waals surface area contributed by atoms with E-state index in [9.17, 15) is 35.7 Å². The summed E-state index contributed by atoms with van der Waals surface area (Å²) in [6, 6.07) is -4.18. The van der Waals surface area contributed by atoms with E-state index in [1.54, 1.807) is 0 Å². The van der Waals surface area contributed by atoms with E-state index in [0.29, 0.717) is 0 Å². The molecule has 19 heteroatoms. The van der Waals surface area contributed by atoms with Crippen LogP contribution in [-0.4, -0.2) is 172 Å². The predicted molar refractivity (Wildman–Crippen MR) is 138 cm³/mol. The Balaban J connectivity index is 1.50. The lowest BCUT2D eigenvalue weighted by atomic mass is 9.84. The molecule has 0 unspecified atom stereocenters. The van der Waals surface area contributed by atoms with Crippen molar-refractivity contribution in [2.45, 2.75) is 123 Å². The lowest BCUT2D eigenvalue weighted by Gasteiger charge is -2.47. The highest BCUT2D eigenvalue weighted by molar-refractivity contribution is 5.02. The third-order valence-corrected chi connectivity index (χ3v) is 8.37. The van der Waals surface area contributed by atoms with Crippen molar-refractivity contribution >= 4 is 0 Å². The van der Waals surface area contributed by atoms with Crippen LogP contribution in [0, 0.1) is 0 Å². The molecule has 0 spiro atoms. The van der Waals surface area contributed by atoms with Gasteiger partial charge in [0.15, 0.2) is 18.9 Å². The minimum atomic E-state index is -1.60. The Morgan fingerprint density at radius 3 is 1.45 bits per heavy atom. The van der Waals surface area contributed by atoms with Crippen LogP contribution in [0.3, 0.4) is 0 Å². The van der Waals surface area contributed by atoms with Crippen molar-refractivity contribution in [2.75, 3.05) is 19.7 Å². The summed E-state index contributed by atoms with van der Waals surface area (Å²) in [5.41, 5.74) is 35.6. The van der Waals surface area contributed by atoms with Crippen molar-refractivity contribution in [2.24, 2.45) is 34.4 Å². The average Bonchev–Trinajstić information content (AvgIpc) is 3.27. The molecule has 4 rings (SSSR count). The van der Waals surface area contributed by atoms with E-state index in [1.807, 2.05) is 0 Å². The molecule has 19 atom stereocenters. The van der Waals surface area contributed by atoms with Gasteiger partial charge in [0.1, 0.15) is 67.1 Å². The quantitative estimate of drug-likeness (QED) is 0.115. The van der Waals surface area contributed by atoms with Gasteiger partial charge in [-0.25, -0.2) is 0 Å². The summed E-state index contributed by atoms with van der Waals surface area (Å²) in [5.74, 6) is 0. The van der Waals surface area contributed by atoms with Gasteiger partial charge in [0, 0.05) is 25.2 Å². The molecule has 0 aromatic carbocycles. The molecule has 246 valence electrons. The first kappa shape index (κ1) is 34.1. The summed E-state index contributed by atoms with van der Waals surface area (Å²) in [6.07, 6.45) is -19.8. The Morgan fingerprint density at radius 1 is 0.524 bits per heavy atom. The minimum absolute atomic E-state index is 0.0889. The zero-order chi connectivity index (χ0) is 31.0. The van der Waals surface area contributed by atoms with Crippen molar-refractivity contribution in [1.82, 2.24) is 0 Å². The summed E-state index contributed by atoms with van der Waals surface area (Å²) in [6.45, 7) is -0.967. The fraction of sp³-hybridized carbons (Fsp3) is 1.00. The maximum atomic E-state index is 11.1. The average molecular weight is 615 g/mol. The second-order valence-electron chi connectivity index (χ2n) is 11.2. The van der Waals surface area contributed by atoms with E-state index in [1.165, 1.54) is 0 Å². The molecule has 3 saturated heterocycles. The molecule has 3 aliphatic heterocycles. The Morgan fingerprint density at radius 2 is 0.976 bits per heavy atom. The van der Waals surface area contributed by atoms with Crippen molar-refractivity contribution < 1.29 is 64.2 Å². The molecule has 0 bridgehead atoms. The van der Waals surface area contributed by atoms with Crippen LogP contribution in [0.1, 0.15) is 6.42 Å². The largest absolute Gasteiger partial charge is 0.394 e. The van der Waals surface area contributed by atoms with Gasteiger partial charge in [-0.15, -0.1) is 0 Å². The van der Waals surface area contributed by atoms with Crippen LogP contribution < -0.4 is 34.4 Å². The molecule has 1 saturated carbocycles. The third-order valence-electron chi connectivity index (χ3n) is 8.37. The van der Waals surface area contributed by atoms with Crippen molar-refractivity contribution in [3.05, 3.63) is 0 Å². The van der Waals surface area contributed by atoms with E-state index >= 15 is 0 Å². The molecule has 0 aromatic rings. The van der Waals surface area contributed by atoms with E-state index < -0.39 is 123 Å². The molecule has 3 heterocycles. The lowest BCUT2D eigenvalue weighted by molar-refractivity contribution is -0.306. The Labute approximate surface area is 241 Å². The zero-order valence-corrected chi connectivity index (χ0v) is 22.8. The van der Waals surface area contributed by atoms with Gasteiger partial charge in [0.2, 0.25) is 0 Å². The summed E-state index contributed by atoms with van der Waals surface area (Å²) in [5, 5.41) is 73.0. The van der Waals surface area contributed by atoms with Crippen molar-refractivity contribution in [3.63, 3.8) is 0 Å². The van der Waals surface area contributed by atoms with Crippen LogP contribution in [0.2, 0.25) is 0 Å². The van der Waals surface area contributed by atoms with Gasteiger partial charge >= 0.3 is 0 Å². The molecule has 0 radical (unpaired) electrons. The Hall–Kier alpha value is -0.760. The summed E-state index contributed by atoms with van der Waals surface area (Å²) in [7, 11) is 0. The topological polar surface area (TPSA) is 353 Å². The summed E-state index contributed by atoms with van der Waals surface area (Å²) >= 11 is 0. The van der Waals surface area contributed by atoms with Crippen LogP contribution >= 0.6 is 0 Å². The minimum Gasteiger partial charge on any atom is -0.394 e. The fourth-order valence-corrected chi connectivity index (χ4v) is 5.74. The highest BCUT2D eigenvalue weighted by atomic mass is 16.8. The standard InChI is InChI=1S/C23H46N6O13/c24-2-7-13(32)15(34)10(28)21(37-7)40-18-6(27)1-5(26)12(31)20(18)42-23-17(36)19(9(4-30)39-23)41-22-11(29)16(35)14(33)8(3-25)38-22/h5-23,30-36H,1-4,24-29H2/t5-,6+,7-,8+,9-,10-,11-,12+,13-,14+,15-,16-,17-,18+,19-,20-,21-,22+,23+/m1/s1. The molecular weight excluding hydrogens is 568 g/mol. The van der Waals surface area contributed by atoms with Gasteiger partial charge < -0.3 is 98.6 Å². The number of hydrogen-bond donors (Lipinski definition) is 13. The normalized spacial score (nSPS) is 53.8. The molecule has 19 nitrogen and oxygen atoms in total. The van der Waals surface area contributed by atoms with Gasteiger partial charge in [-0.3, -0.25) is 0 Å². The first-order valence-corrected chi connectivity index (χ1v) is 13.9. The second-order valence-corrected chi connectivity index (χ2v) is 11.2. The molecule has 42 heavy (non-hydrogen) atoms. The number of hydrogen-bond acceptors (Lipinski definition) is 19. The molecule has 19 N–H and O–H groups in total. The maximum absolute atomic E-state index is 11.1. The SMILES string of the molecule is NC[C@@H]1O[C@@H](O[C@H]2[C@@H](O)[C@H](O[C@@H]3[C@@H](O)[C@H](N)C[C@H](N)[C@@H]3O[C@H]3O[C@H](CN)[C@@H](O)[C@H](O)[C@H]3N)O[C@@H]2CO)[C@H](N)[C@@H](O)[C@H]1O. The van der Waals surface area contributed by atoms with Gasteiger partial charge in [0.05, 0.1) is 24.8 Å². The molecule has 4 fully saturated rings. The molecule has 0 amide bonds. The van der Waals surface area contributed by atoms with Crippen LogP contribution in [0.15, 0.2) is 0 Å². The smallest absolute Gasteiger partial charge is 0.187 e. The summed E-state index contributed by atoms with van der Waals surface area (Å²) in [4.78, 5) is 0. The highest BCUT2D eigenvalue weighted by Gasteiger charge is 2.54. The predicted octanol–water partition coefficient (Wildman–Crippen LogP) is -8.90. The van der Waals surface area contributed by atoms with Gasteiger partial charge in [-0.05, 0) is 6.42 Å². The van der Waals surface area contributed by atoms with E-state index in [-0.39, 0.29) is 19.5 Å². The van der Waals surface area contributed by atoms with Crippen LogP contribution in [0.4, 0.5) is 0 Å². The van der Waals surface area contributed by atoms with E-state index in [2.05, 4.69) is 0 Å². The van der Waals surface area contributed by atoms with Crippen LogP contribution in [0.25, 0.3) is 0 Å². The third kappa shape index (κ3) is 6.60. The van der Waals surface area contributed by atoms with Gasteiger partial charge in [0.25, 0.3) is 0 Å². The van der Waals surface area contributed by atoms with Crippen molar-refractivity contribution in [3.8, 4) is 0 Å². The number of aliphatic hydroxyl groups excluding tert-OH is 7. The number of rotatable bonds is 9. The monoisotopic (exact) mass is 614 g/mol. The van der Waals surface area contributed by atoms with E-state index in [0.717, 1.165) is 0 Å². The van der Waals surface area contributed by atoms with Gasteiger partial charge in [-0.1, -0.05) is 0 Å². The molecule has 1 aliphatic carbocycles. The number of aliphatic hydroxyl groups is 7. The molecule has 4 aliphatic rings. The van der Waals surface area contributed by atoms with Gasteiger partial charge in [-0.2, -0.15) is 0 Å². The van der Waals surface area contributed by atoms with Crippen LogP contribution in [-0.2, 0) is 28.4 Å². The Bertz CT molecular complexity index is 868. The Kier molecular flexibility index (Phi) is 11.5. The van der Waals surface area contributed by atoms with Crippen LogP contribution in [0.5, 0.6) is 0 Å². The maximum Gasteiger partial charge on any atom is 0.187 e. The summed E-state index contributed by atoms with van der Waals surface area (Å²) < 4.78 is 34.6. The number of nitrogens with two attached hydrogens (primary N) is 6. The van der Waals surface area contributed by atoms with E-state index in [4.69, 9.17) is 62.8 Å². The molecule has 0 aromatic heterocycles. The highest BCUT2D eigenvalue weighted by Crippen LogP contribution is 2.34. The first-order valence-electron chi connectivity index (χ1n) is 13.9. The first-order chi connectivity index (χ1) is 19.8. The second kappa shape index (κ2) is 14.1. The van der Waals surface area contributed by atoms with Crippen molar-refractivity contribution in [1.29, 1.82) is 0 Å².